The molecule has 0 fully saturated rings. The van der Waals surface area contributed by atoms with Crippen LogP contribution in [0.2, 0.25) is 0 Å². The molecule has 0 N–H and O–H groups in total. The third-order valence-electron chi connectivity index (χ3n) is 4.13. The molecular formula is C20H20NO2P. The number of benzene rings is 2. The average molecular weight is 337 g/mol. The summed E-state index contributed by atoms with van der Waals surface area (Å²) in [7, 11) is -1.06. The van der Waals surface area contributed by atoms with E-state index in [4.69, 9.17) is 4.74 Å². The number of aryl methyl sites for hydroxylation is 1. The molecule has 0 radical (unpaired) electrons. The van der Waals surface area contributed by atoms with Crippen molar-refractivity contribution in [1.82, 2.24) is 4.98 Å². The second-order valence-corrected chi connectivity index (χ2v) is 8.56. The number of aromatic nitrogens is 1. The van der Waals surface area contributed by atoms with Crippen LogP contribution in [0.3, 0.4) is 0 Å². The highest BCUT2D eigenvalue weighted by Crippen LogP contribution is 2.44. The molecule has 0 amide bonds. The maximum Gasteiger partial charge on any atom is 0.143 e. The lowest BCUT2D eigenvalue weighted by Gasteiger charge is -2.19. The van der Waals surface area contributed by atoms with Crippen LogP contribution in [0, 0.1) is 0 Å². The highest BCUT2D eigenvalue weighted by Gasteiger charge is 2.26. The fraction of sp³-hybridized carbons (Fsp3) is 0.150. The van der Waals surface area contributed by atoms with Gasteiger partial charge in [-0.05, 0) is 48.4 Å². The third kappa shape index (κ3) is 3.58. The van der Waals surface area contributed by atoms with Crippen LogP contribution in [0.1, 0.15) is 5.56 Å². The lowest BCUT2D eigenvalue weighted by molar-refractivity contribution is 0.415. The van der Waals surface area contributed by atoms with Crippen LogP contribution < -0.4 is 15.3 Å². The molecule has 3 aromatic rings. The Morgan fingerprint density at radius 3 is 2.12 bits per heavy atom. The van der Waals surface area contributed by atoms with E-state index in [0.717, 1.165) is 28.3 Å². The van der Waals surface area contributed by atoms with Crippen molar-refractivity contribution < 1.29 is 9.30 Å². The summed E-state index contributed by atoms with van der Waals surface area (Å²) < 4.78 is 19.2. The molecule has 1 atom stereocenters. The number of ether oxygens (including phenoxy) is 1. The van der Waals surface area contributed by atoms with Crippen LogP contribution >= 0.6 is 7.14 Å². The van der Waals surface area contributed by atoms with Gasteiger partial charge >= 0.3 is 0 Å². The van der Waals surface area contributed by atoms with Crippen molar-refractivity contribution in [3.63, 3.8) is 0 Å². The topological polar surface area (TPSA) is 39.2 Å². The molecule has 3 rings (SSSR count). The van der Waals surface area contributed by atoms with Crippen molar-refractivity contribution in [1.29, 1.82) is 0 Å². The summed E-state index contributed by atoms with van der Waals surface area (Å²) >= 11 is 0. The largest absolute Gasteiger partial charge is 0.497 e. The predicted octanol–water partition coefficient (Wildman–Crippen LogP) is 3.65. The van der Waals surface area contributed by atoms with Crippen molar-refractivity contribution in [2.45, 2.75) is 6.42 Å². The van der Waals surface area contributed by atoms with Gasteiger partial charge in [0, 0.05) is 29.2 Å². The molecule has 122 valence electrons. The quantitative estimate of drug-likeness (QED) is 0.645. The van der Waals surface area contributed by atoms with Crippen LogP contribution in [0.15, 0.2) is 79.1 Å². The van der Waals surface area contributed by atoms with Gasteiger partial charge in [-0.1, -0.05) is 30.3 Å². The van der Waals surface area contributed by atoms with Gasteiger partial charge in [0.1, 0.15) is 12.9 Å². The maximum absolute atomic E-state index is 13.9. The fourth-order valence-corrected chi connectivity index (χ4v) is 5.41. The first-order valence-electron chi connectivity index (χ1n) is 7.90. The zero-order valence-corrected chi connectivity index (χ0v) is 14.5. The monoisotopic (exact) mass is 337 g/mol. The fourth-order valence-electron chi connectivity index (χ4n) is 2.74. The zero-order chi connectivity index (χ0) is 16.8. The Balaban J connectivity index is 1.95. The highest BCUT2D eigenvalue weighted by molar-refractivity contribution is 7.78. The number of hydrogen-bond donors (Lipinski definition) is 0. The zero-order valence-electron chi connectivity index (χ0n) is 13.6. The molecule has 0 aliphatic heterocycles. The van der Waals surface area contributed by atoms with Gasteiger partial charge in [-0.15, -0.1) is 0 Å². The molecular weight excluding hydrogens is 317 g/mol. The van der Waals surface area contributed by atoms with E-state index in [1.54, 1.807) is 19.5 Å². The maximum atomic E-state index is 13.9. The lowest BCUT2D eigenvalue weighted by atomic mass is 10.2. The molecule has 2 aromatic carbocycles. The first kappa shape index (κ1) is 16.5. The van der Waals surface area contributed by atoms with Gasteiger partial charge < -0.3 is 9.30 Å². The van der Waals surface area contributed by atoms with E-state index in [2.05, 4.69) is 4.98 Å². The Hall–Kier alpha value is -2.38. The van der Waals surface area contributed by atoms with Gasteiger partial charge in [0.15, 0.2) is 0 Å². The molecule has 0 aliphatic rings. The van der Waals surface area contributed by atoms with Crippen LogP contribution in [0.4, 0.5) is 0 Å². The van der Waals surface area contributed by atoms with Crippen molar-refractivity contribution in [2.24, 2.45) is 0 Å². The van der Waals surface area contributed by atoms with Gasteiger partial charge in [0.25, 0.3) is 0 Å². The molecule has 0 saturated heterocycles. The average Bonchev–Trinajstić information content (AvgIpc) is 2.68. The standard InChI is InChI=1S/C20H20NO2P/c1-23-18-7-9-20(10-8-18)24(22,19-5-3-2-4-6-19)16-13-17-11-14-21-15-12-17/h2-12,14-15H,13,16H2,1H3. The summed E-state index contributed by atoms with van der Waals surface area (Å²) in [6, 6.07) is 21.3. The summed E-state index contributed by atoms with van der Waals surface area (Å²) in [5.74, 6) is 0.771. The van der Waals surface area contributed by atoms with Crippen molar-refractivity contribution in [3.8, 4) is 5.75 Å². The number of nitrogens with zero attached hydrogens (tertiary/aromatic N) is 1. The minimum Gasteiger partial charge on any atom is -0.497 e. The van der Waals surface area contributed by atoms with E-state index in [9.17, 15) is 4.57 Å². The molecule has 3 nitrogen and oxygen atoms in total. The summed E-state index contributed by atoms with van der Waals surface area (Å²) in [6.45, 7) is 0. The lowest BCUT2D eigenvalue weighted by Crippen LogP contribution is -2.19. The SMILES string of the molecule is COc1ccc(P(=O)(CCc2ccncc2)c2ccccc2)cc1. The molecule has 1 heterocycles. The molecule has 24 heavy (non-hydrogen) atoms. The van der Waals surface area contributed by atoms with E-state index >= 15 is 0 Å². The molecule has 0 spiro atoms. The summed E-state index contributed by atoms with van der Waals surface area (Å²) in [5.41, 5.74) is 1.15. The molecule has 1 unspecified atom stereocenters. The van der Waals surface area contributed by atoms with E-state index in [1.807, 2.05) is 66.7 Å². The second kappa shape index (κ2) is 7.46. The molecule has 0 saturated carbocycles. The smallest absolute Gasteiger partial charge is 0.143 e. The second-order valence-electron chi connectivity index (χ2n) is 5.60. The number of hydrogen-bond acceptors (Lipinski definition) is 3. The Labute approximate surface area is 142 Å². The Bertz CT molecular complexity index is 817. The Morgan fingerprint density at radius 2 is 1.50 bits per heavy atom. The molecule has 1 aromatic heterocycles. The van der Waals surface area contributed by atoms with E-state index in [0.29, 0.717) is 6.16 Å². The van der Waals surface area contributed by atoms with E-state index in [-0.39, 0.29) is 0 Å². The van der Waals surface area contributed by atoms with Crippen molar-refractivity contribution in [3.05, 3.63) is 84.7 Å². The number of pyridine rings is 1. The van der Waals surface area contributed by atoms with Crippen molar-refractivity contribution in [2.75, 3.05) is 13.3 Å². The van der Waals surface area contributed by atoms with E-state index < -0.39 is 7.14 Å². The van der Waals surface area contributed by atoms with Gasteiger partial charge in [0.05, 0.1) is 7.11 Å². The minimum atomic E-state index is -2.70. The number of methoxy groups -OCH3 is 1. The minimum absolute atomic E-state index is 0.591. The van der Waals surface area contributed by atoms with Crippen LogP contribution in [-0.2, 0) is 11.0 Å². The third-order valence-corrected chi connectivity index (χ3v) is 7.25. The molecule has 4 heteroatoms. The van der Waals surface area contributed by atoms with Gasteiger partial charge in [-0.25, -0.2) is 0 Å². The number of rotatable bonds is 6. The van der Waals surface area contributed by atoms with Crippen LogP contribution in [-0.4, -0.2) is 18.3 Å². The summed E-state index contributed by atoms with van der Waals surface area (Å²) in [5, 5.41) is 1.76. The Morgan fingerprint density at radius 1 is 0.875 bits per heavy atom. The van der Waals surface area contributed by atoms with Crippen molar-refractivity contribution >= 4 is 17.8 Å². The normalized spacial score (nSPS) is 13.2. The molecule has 0 bridgehead atoms. The first-order valence-corrected chi connectivity index (χ1v) is 9.80. The van der Waals surface area contributed by atoms with E-state index in [1.165, 1.54) is 0 Å². The highest BCUT2D eigenvalue weighted by atomic mass is 31.2. The Kier molecular flexibility index (Phi) is 5.12. The van der Waals surface area contributed by atoms with Gasteiger partial charge in [-0.3, -0.25) is 4.98 Å². The summed E-state index contributed by atoms with van der Waals surface area (Å²) in [6.07, 6.45) is 4.89. The first-order chi connectivity index (χ1) is 11.7. The molecule has 0 aliphatic carbocycles. The van der Waals surface area contributed by atoms with Crippen LogP contribution in [0.25, 0.3) is 0 Å². The van der Waals surface area contributed by atoms with Gasteiger partial charge in [0.2, 0.25) is 0 Å². The van der Waals surface area contributed by atoms with Crippen LogP contribution in [0.5, 0.6) is 5.75 Å². The summed E-state index contributed by atoms with van der Waals surface area (Å²) in [4.78, 5) is 4.04. The predicted molar refractivity (Wildman–Crippen MR) is 99.1 cm³/mol. The van der Waals surface area contributed by atoms with Gasteiger partial charge in [-0.2, -0.15) is 0 Å².